The van der Waals surface area contributed by atoms with E-state index in [2.05, 4.69) is 6.58 Å². The van der Waals surface area contributed by atoms with Crippen molar-refractivity contribution < 1.29 is 15.0 Å². The molecule has 0 spiro atoms. The number of hydrogen-bond acceptors (Lipinski definition) is 2. The van der Waals surface area contributed by atoms with Crippen molar-refractivity contribution in [1.82, 2.24) is 0 Å². The SMILES string of the molecule is C=C[C@@](O)(CC(=O)O)C1CCCC1. The van der Waals surface area contributed by atoms with E-state index >= 15 is 0 Å². The smallest absolute Gasteiger partial charge is 0.306 e. The van der Waals surface area contributed by atoms with E-state index in [1.165, 1.54) is 6.08 Å². The van der Waals surface area contributed by atoms with E-state index in [0.29, 0.717) is 0 Å². The molecule has 0 aromatic rings. The van der Waals surface area contributed by atoms with Crippen LogP contribution in [0.25, 0.3) is 0 Å². The highest BCUT2D eigenvalue weighted by Gasteiger charge is 2.37. The van der Waals surface area contributed by atoms with Gasteiger partial charge in [0.1, 0.15) is 0 Å². The summed E-state index contributed by atoms with van der Waals surface area (Å²) in [5.74, 6) is -0.879. The lowest BCUT2D eigenvalue weighted by molar-refractivity contribution is -0.142. The highest BCUT2D eigenvalue weighted by molar-refractivity contribution is 5.68. The van der Waals surface area contributed by atoms with Crippen LogP contribution in [0.4, 0.5) is 0 Å². The molecule has 1 atom stereocenters. The van der Waals surface area contributed by atoms with Crippen molar-refractivity contribution >= 4 is 5.97 Å². The molecular weight excluding hydrogens is 168 g/mol. The molecule has 1 saturated carbocycles. The first kappa shape index (κ1) is 10.3. The van der Waals surface area contributed by atoms with E-state index in [1.54, 1.807) is 0 Å². The van der Waals surface area contributed by atoms with E-state index in [0.717, 1.165) is 25.7 Å². The Bertz CT molecular complexity index is 206. The zero-order valence-corrected chi connectivity index (χ0v) is 7.70. The van der Waals surface area contributed by atoms with Crippen LogP contribution in [0.5, 0.6) is 0 Å². The molecule has 13 heavy (non-hydrogen) atoms. The first-order valence-corrected chi connectivity index (χ1v) is 4.66. The number of aliphatic hydroxyl groups is 1. The van der Waals surface area contributed by atoms with Gasteiger partial charge in [0.15, 0.2) is 0 Å². The predicted molar refractivity (Wildman–Crippen MR) is 49.4 cm³/mol. The van der Waals surface area contributed by atoms with Crippen LogP contribution in [0.1, 0.15) is 32.1 Å². The van der Waals surface area contributed by atoms with Crippen molar-refractivity contribution in [3.05, 3.63) is 12.7 Å². The zero-order valence-electron chi connectivity index (χ0n) is 7.70. The van der Waals surface area contributed by atoms with E-state index in [4.69, 9.17) is 5.11 Å². The molecule has 0 radical (unpaired) electrons. The van der Waals surface area contributed by atoms with Crippen molar-refractivity contribution in [2.45, 2.75) is 37.7 Å². The topological polar surface area (TPSA) is 57.5 Å². The Morgan fingerprint density at radius 2 is 2.08 bits per heavy atom. The monoisotopic (exact) mass is 184 g/mol. The van der Waals surface area contributed by atoms with Crippen molar-refractivity contribution in [1.29, 1.82) is 0 Å². The van der Waals surface area contributed by atoms with Gasteiger partial charge in [-0.15, -0.1) is 6.58 Å². The zero-order chi connectivity index (χ0) is 9.90. The second kappa shape index (κ2) is 3.92. The highest BCUT2D eigenvalue weighted by atomic mass is 16.4. The molecule has 0 bridgehead atoms. The summed E-state index contributed by atoms with van der Waals surface area (Å²) >= 11 is 0. The van der Waals surface area contributed by atoms with Crippen LogP contribution in [0.3, 0.4) is 0 Å². The van der Waals surface area contributed by atoms with Crippen LogP contribution < -0.4 is 0 Å². The van der Waals surface area contributed by atoms with Crippen molar-refractivity contribution in [2.75, 3.05) is 0 Å². The molecule has 3 nitrogen and oxygen atoms in total. The van der Waals surface area contributed by atoms with Crippen LogP contribution in [-0.4, -0.2) is 21.8 Å². The Labute approximate surface area is 78.1 Å². The van der Waals surface area contributed by atoms with Gasteiger partial charge < -0.3 is 10.2 Å². The number of carboxylic acid groups (broad SMARTS) is 1. The number of carbonyl (C=O) groups is 1. The summed E-state index contributed by atoms with van der Waals surface area (Å²) in [5, 5.41) is 18.6. The fraction of sp³-hybridized carbons (Fsp3) is 0.700. The normalized spacial score (nSPS) is 22.5. The van der Waals surface area contributed by atoms with Crippen LogP contribution in [0.15, 0.2) is 12.7 Å². The lowest BCUT2D eigenvalue weighted by Crippen LogP contribution is -2.36. The third-order valence-electron chi connectivity index (χ3n) is 2.85. The molecule has 0 aromatic carbocycles. The van der Waals surface area contributed by atoms with E-state index < -0.39 is 11.6 Å². The van der Waals surface area contributed by atoms with Gasteiger partial charge in [-0.2, -0.15) is 0 Å². The van der Waals surface area contributed by atoms with Gasteiger partial charge in [0.2, 0.25) is 0 Å². The van der Waals surface area contributed by atoms with E-state index in [1.807, 2.05) is 0 Å². The molecule has 0 saturated heterocycles. The Morgan fingerprint density at radius 3 is 2.46 bits per heavy atom. The molecule has 2 N–H and O–H groups in total. The van der Waals surface area contributed by atoms with Gasteiger partial charge in [0.25, 0.3) is 0 Å². The summed E-state index contributed by atoms with van der Waals surface area (Å²) in [4.78, 5) is 10.5. The summed E-state index contributed by atoms with van der Waals surface area (Å²) in [6, 6.07) is 0. The summed E-state index contributed by atoms with van der Waals surface area (Å²) in [6.45, 7) is 3.52. The number of rotatable bonds is 4. The lowest BCUT2D eigenvalue weighted by atomic mass is 9.83. The van der Waals surface area contributed by atoms with E-state index in [-0.39, 0.29) is 12.3 Å². The molecule has 0 aliphatic heterocycles. The second-order valence-corrected chi connectivity index (χ2v) is 3.75. The Hall–Kier alpha value is -0.830. The minimum atomic E-state index is -1.19. The van der Waals surface area contributed by atoms with Crippen LogP contribution in [0.2, 0.25) is 0 Å². The Balaban J connectivity index is 2.66. The fourth-order valence-electron chi connectivity index (χ4n) is 2.05. The molecule has 3 heteroatoms. The molecule has 0 heterocycles. The van der Waals surface area contributed by atoms with Gasteiger partial charge in [-0.1, -0.05) is 18.9 Å². The van der Waals surface area contributed by atoms with Gasteiger partial charge in [0.05, 0.1) is 12.0 Å². The maximum Gasteiger partial charge on any atom is 0.306 e. The Morgan fingerprint density at radius 1 is 1.54 bits per heavy atom. The summed E-state index contributed by atoms with van der Waals surface area (Å²) in [5.41, 5.74) is -1.19. The quantitative estimate of drug-likeness (QED) is 0.652. The summed E-state index contributed by atoms with van der Waals surface area (Å²) < 4.78 is 0. The maximum atomic E-state index is 10.5. The number of carboxylic acids is 1. The summed E-state index contributed by atoms with van der Waals surface area (Å²) in [7, 11) is 0. The highest BCUT2D eigenvalue weighted by Crippen LogP contribution is 2.36. The number of aliphatic carboxylic acids is 1. The molecule has 1 fully saturated rings. The van der Waals surface area contributed by atoms with Gasteiger partial charge in [0, 0.05) is 0 Å². The van der Waals surface area contributed by atoms with Gasteiger partial charge in [-0.05, 0) is 18.8 Å². The van der Waals surface area contributed by atoms with Gasteiger partial charge in [-0.25, -0.2) is 0 Å². The molecule has 74 valence electrons. The molecule has 0 unspecified atom stereocenters. The number of hydrogen-bond donors (Lipinski definition) is 2. The largest absolute Gasteiger partial charge is 0.481 e. The van der Waals surface area contributed by atoms with Crippen molar-refractivity contribution in [2.24, 2.45) is 5.92 Å². The minimum Gasteiger partial charge on any atom is -0.481 e. The van der Waals surface area contributed by atoms with Crippen molar-refractivity contribution in [3.63, 3.8) is 0 Å². The average molecular weight is 184 g/mol. The van der Waals surface area contributed by atoms with Gasteiger partial charge in [-0.3, -0.25) is 4.79 Å². The molecule has 0 amide bonds. The van der Waals surface area contributed by atoms with Crippen LogP contribution >= 0.6 is 0 Å². The van der Waals surface area contributed by atoms with Crippen LogP contribution in [-0.2, 0) is 4.79 Å². The maximum absolute atomic E-state index is 10.5. The second-order valence-electron chi connectivity index (χ2n) is 3.75. The molecular formula is C10H16O3. The Kier molecular flexibility index (Phi) is 3.09. The average Bonchev–Trinajstić information content (AvgIpc) is 2.55. The standard InChI is InChI=1S/C10H16O3/c1-2-10(13,7-9(11)12)8-5-3-4-6-8/h2,8,13H,1,3-7H2,(H,11,12)/t10-/m1/s1. The molecule has 1 aliphatic carbocycles. The molecule has 1 rings (SSSR count). The van der Waals surface area contributed by atoms with Crippen molar-refractivity contribution in [3.8, 4) is 0 Å². The van der Waals surface area contributed by atoms with Gasteiger partial charge >= 0.3 is 5.97 Å². The lowest BCUT2D eigenvalue weighted by Gasteiger charge is -2.29. The first-order chi connectivity index (χ1) is 6.08. The summed E-state index contributed by atoms with van der Waals surface area (Å²) in [6.07, 6.45) is 5.16. The van der Waals surface area contributed by atoms with Crippen LogP contribution in [0, 0.1) is 5.92 Å². The third kappa shape index (κ3) is 2.31. The fourth-order valence-corrected chi connectivity index (χ4v) is 2.05. The third-order valence-corrected chi connectivity index (χ3v) is 2.85. The minimum absolute atomic E-state index is 0.0844. The van der Waals surface area contributed by atoms with E-state index in [9.17, 15) is 9.90 Å². The molecule has 1 aliphatic rings. The molecule has 0 aromatic heterocycles. The predicted octanol–water partition coefficient (Wildman–Crippen LogP) is 1.57. The first-order valence-electron chi connectivity index (χ1n) is 4.66.